The van der Waals surface area contributed by atoms with Crippen molar-refractivity contribution in [1.82, 2.24) is 25.1 Å². The van der Waals surface area contributed by atoms with Crippen LogP contribution in [-0.4, -0.2) is 45.9 Å². The van der Waals surface area contributed by atoms with Crippen LogP contribution in [0, 0.1) is 0 Å². The van der Waals surface area contributed by atoms with Crippen LogP contribution >= 0.6 is 24.0 Å². The molecule has 0 spiro atoms. The Bertz CT molecular complexity index is 1360. The molecule has 0 saturated carbocycles. The summed E-state index contributed by atoms with van der Waals surface area (Å²) in [4.78, 5) is 21.2. The van der Waals surface area contributed by atoms with Crippen LogP contribution in [0.1, 0.15) is 29.2 Å². The first kappa shape index (κ1) is 24.7. The third kappa shape index (κ3) is 4.75. The van der Waals surface area contributed by atoms with Gasteiger partial charge < -0.3 is 21.1 Å². The molecule has 1 amide bonds. The van der Waals surface area contributed by atoms with Gasteiger partial charge in [-0.3, -0.25) is 9.48 Å². The number of amides is 1. The Balaban J connectivity index is 0.00000289. The van der Waals surface area contributed by atoms with E-state index in [0.29, 0.717) is 44.6 Å². The highest BCUT2D eigenvalue weighted by atomic mass is 35.5. The van der Waals surface area contributed by atoms with E-state index < -0.39 is 0 Å². The molecular formula is C24H25Cl2N7O2. The molecular weight excluding hydrogens is 489 g/mol. The summed E-state index contributed by atoms with van der Waals surface area (Å²) >= 11 is 6.58. The molecule has 1 saturated heterocycles. The molecule has 4 heterocycles. The van der Waals surface area contributed by atoms with Gasteiger partial charge in [-0.2, -0.15) is 5.10 Å². The molecule has 182 valence electrons. The average Bonchev–Trinajstić information content (AvgIpc) is 3.29. The van der Waals surface area contributed by atoms with Gasteiger partial charge in [0.1, 0.15) is 23.1 Å². The number of carbonyl (C=O) groups excluding carboxylic acids is 1. The van der Waals surface area contributed by atoms with Crippen molar-refractivity contribution in [1.29, 1.82) is 0 Å². The maximum absolute atomic E-state index is 12.8. The first-order chi connectivity index (χ1) is 16.6. The van der Waals surface area contributed by atoms with Crippen LogP contribution in [0.4, 0.5) is 11.6 Å². The molecule has 3 aromatic heterocycles. The number of carbonyl (C=O) groups is 1. The molecule has 4 N–H and O–H groups in total. The quantitative estimate of drug-likeness (QED) is 0.363. The van der Waals surface area contributed by atoms with E-state index in [1.807, 2.05) is 4.68 Å². The van der Waals surface area contributed by atoms with Gasteiger partial charge >= 0.3 is 0 Å². The maximum atomic E-state index is 12.8. The van der Waals surface area contributed by atoms with Crippen LogP contribution in [0.3, 0.4) is 0 Å². The molecule has 1 atom stereocenters. The predicted octanol–water partition coefficient (Wildman–Crippen LogP) is 4.34. The lowest BCUT2D eigenvalue weighted by atomic mass is 10.0. The van der Waals surface area contributed by atoms with Gasteiger partial charge in [-0.15, -0.1) is 12.4 Å². The SMILES string of the molecule is COc1cc(C(=O)Nc2ccccn2)ccc1-c1nn(C2CCCNC2)c2c(Cl)cnc(N)c12.Cl. The fourth-order valence-electron chi connectivity index (χ4n) is 4.31. The fourth-order valence-corrected chi connectivity index (χ4v) is 4.54. The van der Waals surface area contributed by atoms with Crippen molar-refractivity contribution in [3.8, 4) is 17.0 Å². The lowest BCUT2D eigenvalue weighted by molar-refractivity contribution is 0.102. The van der Waals surface area contributed by atoms with Gasteiger partial charge in [-0.05, 0) is 49.7 Å². The monoisotopic (exact) mass is 513 g/mol. The van der Waals surface area contributed by atoms with Crippen molar-refractivity contribution in [3.63, 3.8) is 0 Å². The van der Waals surface area contributed by atoms with Crippen LogP contribution in [0.5, 0.6) is 5.75 Å². The van der Waals surface area contributed by atoms with Gasteiger partial charge in [-0.1, -0.05) is 17.7 Å². The van der Waals surface area contributed by atoms with Crippen molar-refractivity contribution in [2.75, 3.05) is 31.2 Å². The average molecular weight is 514 g/mol. The first-order valence-electron chi connectivity index (χ1n) is 11.0. The Morgan fingerprint density at radius 1 is 1.29 bits per heavy atom. The number of anilines is 2. The maximum Gasteiger partial charge on any atom is 0.256 e. The molecule has 0 aliphatic carbocycles. The molecule has 1 aromatic carbocycles. The number of hydrogen-bond donors (Lipinski definition) is 3. The highest BCUT2D eigenvalue weighted by molar-refractivity contribution is 6.35. The van der Waals surface area contributed by atoms with E-state index in [-0.39, 0.29) is 24.4 Å². The Morgan fingerprint density at radius 2 is 2.14 bits per heavy atom. The molecule has 11 heteroatoms. The number of rotatable bonds is 5. The molecule has 5 rings (SSSR count). The zero-order chi connectivity index (χ0) is 23.7. The second-order valence-electron chi connectivity index (χ2n) is 8.09. The fraction of sp³-hybridized carbons (Fsp3) is 0.250. The van der Waals surface area contributed by atoms with Gasteiger partial charge in [0.15, 0.2) is 0 Å². The number of nitrogens with one attached hydrogen (secondary N) is 2. The first-order valence-corrected chi connectivity index (χ1v) is 11.4. The van der Waals surface area contributed by atoms with Gasteiger partial charge in [0, 0.05) is 23.9 Å². The summed E-state index contributed by atoms with van der Waals surface area (Å²) in [6, 6.07) is 10.6. The highest BCUT2D eigenvalue weighted by Crippen LogP contribution is 2.40. The second kappa shape index (κ2) is 10.5. The summed E-state index contributed by atoms with van der Waals surface area (Å²) in [5, 5.41) is 12.3. The normalized spacial score (nSPS) is 15.4. The van der Waals surface area contributed by atoms with E-state index >= 15 is 0 Å². The molecule has 0 radical (unpaired) electrons. The van der Waals surface area contributed by atoms with E-state index in [1.165, 1.54) is 0 Å². The number of fused-ring (bicyclic) bond motifs is 1. The minimum atomic E-state index is -0.295. The summed E-state index contributed by atoms with van der Waals surface area (Å²) in [6.45, 7) is 1.77. The highest BCUT2D eigenvalue weighted by Gasteiger charge is 2.26. The van der Waals surface area contributed by atoms with Crippen LogP contribution < -0.4 is 21.1 Å². The largest absolute Gasteiger partial charge is 0.496 e. The van der Waals surface area contributed by atoms with Crippen LogP contribution in [-0.2, 0) is 0 Å². The number of pyridine rings is 2. The van der Waals surface area contributed by atoms with Crippen molar-refractivity contribution >= 4 is 52.5 Å². The molecule has 1 aliphatic rings. The standard InChI is InChI=1S/C24H24ClN7O2.ClH/c1-34-18-11-14(24(33)30-19-6-2-3-10-28-19)7-8-16(18)21-20-22(17(25)13-29-23(20)26)32(31-21)15-5-4-9-27-12-15;/h2-3,6-8,10-11,13,15,27H,4-5,9,12H2,1H3,(H2,26,29)(H,28,30,33);1H. The van der Waals surface area contributed by atoms with Crippen molar-refractivity contribution < 1.29 is 9.53 Å². The van der Waals surface area contributed by atoms with Crippen molar-refractivity contribution in [3.05, 3.63) is 59.4 Å². The smallest absolute Gasteiger partial charge is 0.256 e. The van der Waals surface area contributed by atoms with Crippen molar-refractivity contribution in [2.24, 2.45) is 0 Å². The zero-order valence-corrected chi connectivity index (χ0v) is 20.6. The summed E-state index contributed by atoms with van der Waals surface area (Å²) in [7, 11) is 1.55. The van der Waals surface area contributed by atoms with Crippen molar-refractivity contribution in [2.45, 2.75) is 18.9 Å². The van der Waals surface area contributed by atoms with Gasteiger partial charge in [0.05, 0.1) is 35.3 Å². The number of nitrogens with two attached hydrogens (primary N) is 1. The molecule has 1 unspecified atom stereocenters. The third-order valence-corrected chi connectivity index (χ3v) is 6.23. The lowest BCUT2D eigenvalue weighted by Gasteiger charge is -2.24. The number of halogens is 2. The minimum absolute atomic E-state index is 0. The number of nitrogen functional groups attached to an aromatic ring is 1. The third-order valence-electron chi connectivity index (χ3n) is 5.95. The zero-order valence-electron chi connectivity index (χ0n) is 19.0. The molecule has 9 nitrogen and oxygen atoms in total. The summed E-state index contributed by atoms with van der Waals surface area (Å²) in [6.07, 6.45) is 5.19. The topological polar surface area (TPSA) is 120 Å². The number of aromatic nitrogens is 4. The minimum Gasteiger partial charge on any atom is -0.496 e. The Labute approximate surface area is 213 Å². The molecule has 0 bridgehead atoms. The molecule has 35 heavy (non-hydrogen) atoms. The lowest BCUT2D eigenvalue weighted by Crippen LogP contribution is -2.32. The number of methoxy groups -OCH3 is 1. The molecule has 1 aliphatic heterocycles. The van der Waals surface area contributed by atoms with Crippen LogP contribution in [0.25, 0.3) is 22.2 Å². The van der Waals surface area contributed by atoms with E-state index in [1.54, 1.807) is 55.9 Å². The number of benzene rings is 1. The summed E-state index contributed by atoms with van der Waals surface area (Å²) in [5.74, 6) is 0.996. The Hall–Kier alpha value is -3.40. The predicted molar refractivity (Wildman–Crippen MR) is 140 cm³/mol. The molecule has 4 aromatic rings. The van der Waals surface area contributed by atoms with Crippen LogP contribution in [0.2, 0.25) is 5.02 Å². The summed E-state index contributed by atoms with van der Waals surface area (Å²) < 4.78 is 7.61. The number of hydrogen-bond acceptors (Lipinski definition) is 7. The van der Waals surface area contributed by atoms with Gasteiger partial charge in [0.25, 0.3) is 5.91 Å². The van der Waals surface area contributed by atoms with E-state index in [4.69, 9.17) is 27.2 Å². The van der Waals surface area contributed by atoms with Crippen LogP contribution in [0.15, 0.2) is 48.8 Å². The number of piperidine rings is 1. The Kier molecular flexibility index (Phi) is 7.39. The van der Waals surface area contributed by atoms with E-state index in [2.05, 4.69) is 20.6 Å². The van der Waals surface area contributed by atoms with E-state index in [0.717, 1.165) is 31.4 Å². The second-order valence-corrected chi connectivity index (χ2v) is 8.50. The molecule has 1 fully saturated rings. The summed E-state index contributed by atoms with van der Waals surface area (Å²) in [5.41, 5.74) is 8.79. The van der Waals surface area contributed by atoms with Gasteiger partial charge in [0.2, 0.25) is 0 Å². The number of nitrogens with zero attached hydrogens (tertiary/aromatic N) is 4. The number of ether oxygens (including phenoxy) is 1. The van der Waals surface area contributed by atoms with Gasteiger partial charge in [-0.25, -0.2) is 9.97 Å². The van der Waals surface area contributed by atoms with E-state index in [9.17, 15) is 4.79 Å². The Morgan fingerprint density at radius 3 is 2.86 bits per heavy atom.